The molecule has 0 spiro atoms. The molecule has 4 aromatic carbocycles. The van der Waals surface area contributed by atoms with Crippen molar-refractivity contribution >= 4 is 56.3 Å². The van der Waals surface area contributed by atoms with Crippen LogP contribution in [0.2, 0.25) is 0 Å². The number of hydrogen-bond donors (Lipinski definition) is 1. The van der Waals surface area contributed by atoms with Crippen LogP contribution in [0.5, 0.6) is 6.01 Å². The summed E-state index contributed by atoms with van der Waals surface area (Å²) in [6.07, 6.45) is 13.2. The molecule has 0 radical (unpaired) electrons. The number of aryl methyl sites for hydroxylation is 2. The van der Waals surface area contributed by atoms with Crippen LogP contribution in [-0.4, -0.2) is 116 Å². The first-order valence-electron chi connectivity index (χ1n) is 26.7. The summed E-state index contributed by atoms with van der Waals surface area (Å²) in [5.74, 6) is 0.845. The lowest BCUT2D eigenvalue weighted by Gasteiger charge is -2.35. The molecular weight excluding hydrogens is 969 g/mol. The summed E-state index contributed by atoms with van der Waals surface area (Å²) in [6, 6.07) is 21.1. The number of imide groups is 1. The largest absolute Gasteiger partial charge is 0.461 e. The maximum absolute atomic E-state index is 17.5. The van der Waals surface area contributed by atoms with Gasteiger partial charge in [0.15, 0.2) is 5.82 Å². The van der Waals surface area contributed by atoms with Crippen molar-refractivity contribution in [3.8, 4) is 29.6 Å². The molecule has 17 heteroatoms. The quantitative estimate of drug-likeness (QED) is 0.109. The maximum atomic E-state index is 17.5. The molecule has 4 saturated heterocycles. The molecule has 13 rings (SSSR count). The third-order valence-corrected chi connectivity index (χ3v) is 17.0. The summed E-state index contributed by atoms with van der Waals surface area (Å²) in [6.45, 7) is 4.16. The number of halogens is 2. The van der Waals surface area contributed by atoms with Gasteiger partial charge in [-0.25, -0.2) is 18.6 Å². The number of hydrogen-bond acceptors (Lipinski definition) is 12. The fourth-order valence-electron chi connectivity index (χ4n) is 13.2. The van der Waals surface area contributed by atoms with E-state index >= 15 is 8.78 Å². The molecule has 0 bridgehead atoms. The van der Waals surface area contributed by atoms with Crippen molar-refractivity contribution < 1.29 is 37.4 Å². The number of rotatable bonds is 9. The molecule has 4 atom stereocenters. The van der Waals surface area contributed by atoms with Gasteiger partial charge < -0.3 is 24.0 Å². The second-order valence-corrected chi connectivity index (χ2v) is 21.5. The highest BCUT2D eigenvalue weighted by Gasteiger charge is 2.50. The Kier molecular flexibility index (Phi) is 12.2. The Morgan fingerprint density at radius 3 is 2.68 bits per heavy atom. The van der Waals surface area contributed by atoms with Crippen molar-refractivity contribution in [2.45, 2.75) is 101 Å². The van der Waals surface area contributed by atoms with Crippen molar-refractivity contribution in [2.75, 3.05) is 51.0 Å². The number of terminal acetylenes is 1. The second-order valence-electron chi connectivity index (χ2n) is 21.5. The highest BCUT2D eigenvalue weighted by molar-refractivity contribution is 6.04. The standard InChI is InChI=1S/C59H57F2N9O6/c1-3-41-45(60)16-12-37-7-4-8-43(49(37)41)53-51(61)54-50-46(62-53)17-13-39-31-74-26-6-23-69(39)55(50)65-57(64-54)76-33-59-21-5-24-70(59)40(19-22-59)32-75-58(73)68-25-20-36-11-9-34(28-38(36)30-68)27-35-10-14-42-47(29-35)67(2)66-52(42)44-15-18-48(71)63-56(44)72/h1,4,7-12,14,16,28-29,39-40,44H,5-6,13,15,17-27,30-33H2,2H3,(H,63,71,72)/t39-,40-,44?,59-/m0/s1. The van der Waals surface area contributed by atoms with E-state index in [4.69, 9.17) is 40.7 Å². The van der Waals surface area contributed by atoms with Gasteiger partial charge in [0.1, 0.15) is 36.1 Å². The van der Waals surface area contributed by atoms with Gasteiger partial charge in [0.05, 0.1) is 52.0 Å². The number of carbonyl (C=O) groups excluding carboxylic acids is 3. The smallest absolute Gasteiger partial charge is 0.410 e. The number of nitrogens with one attached hydrogen (secondary N) is 1. The zero-order valence-electron chi connectivity index (χ0n) is 42.4. The molecule has 9 heterocycles. The number of aromatic nitrogens is 5. The zero-order valence-corrected chi connectivity index (χ0v) is 42.4. The first-order valence-corrected chi connectivity index (χ1v) is 26.7. The molecule has 0 saturated carbocycles. The summed E-state index contributed by atoms with van der Waals surface area (Å²) in [5.41, 5.74) is 7.06. The van der Waals surface area contributed by atoms with E-state index < -0.39 is 17.6 Å². The highest BCUT2D eigenvalue weighted by Crippen LogP contribution is 2.45. The van der Waals surface area contributed by atoms with Gasteiger partial charge in [0, 0.05) is 62.1 Å². The predicted octanol–water partition coefficient (Wildman–Crippen LogP) is 8.21. The average Bonchev–Trinajstić information content (AvgIpc) is 4.00. The van der Waals surface area contributed by atoms with Gasteiger partial charge in [-0.05, 0) is 111 Å². The van der Waals surface area contributed by atoms with Gasteiger partial charge in [-0.1, -0.05) is 60.5 Å². The molecule has 0 aliphatic carbocycles. The van der Waals surface area contributed by atoms with Crippen molar-refractivity contribution in [1.82, 2.24) is 39.8 Å². The number of pyridine rings is 1. The van der Waals surface area contributed by atoms with Crippen LogP contribution in [0.1, 0.15) is 96.5 Å². The van der Waals surface area contributed by atoms with Crippen molar-refractivity contribution in [3.63, 3.8) is 0 Å². The molecule has 6 aliphatic heterocycles. The third-order valence-electron chi connectivity index (χ3n) is 17.0. The molecule has 1 unspecified atom stereocenters. The second kappa shape index (κ2) is 19.2. The maximum Gasteiger partial charge on any atom is 0.410 e. The summed E-state index contributed by atoms with van der Waals surface area (Å²) >= 11 is 0. The fraction of sp³-hybridized carbons (Fsp3) is 0.407. The van der Waals surface area contributed by atoms with Crippen LogP contribution < -0.4 is 15.0 Å². The lowest BCUT2D eigenvalue weighted by molar-refractivity contribution is -0.134. The van der Waals surface area contributed by atoms with Crippen LogP contribution in [0.3, 0.4) is 0 Å². The number of anilines is 1. The van der Waals surface area contributed by atoms with E-state index in [0.29, 0.717) is 104 Å². The van der Waals surface area contributed by atoms with Crippen LogP contribution in [0.15, 0.2) is 66.7 Å². The first-order chi connectivity index (χ1) is 37.0. The van der Waals surface area contributed by atoms with E-state index in [1.54, 1.807) is 27.8 Å². The van der Waals surface area contributed by atoms with Gasteiger partial charge >= 0.3 is 12.1 Å². The molecule has 7 aromatic rings. The van der Waals surface area contributed by atoms with Gasteiger partial charge in [-0.3, -0.25) is 24.5 Å². The van der Waals surface area contributed by atoms with E-state index in [1.807, 2.05) is 19.2 Å². The number of fused-ring (bicyclic) bond motifs is 6. The van der Waals surface area contributed by atoms with Crippen LogP contribution in [0.4, 0.5) is 19.4 Å². The Balaban J connectivity index is 0.704. The Bertz CT molecular complexity index is 3600. The number of ether oxygens (including phenoxy) is 3. The van der Waals surface area contributed by atoms with E-state index in [-0.39, 0.29) is 71.5 Å². The average molecular weight is 1030 g/mol. The molecule has 76 heavy (non-hydrogen) atoms. The Labute approximate surface area is 437 Å². The van der Waals surface area contributed by atoms with Gasteiger partial charge in [0.2, 0.25) is 11.8 Å². The van der Waals surface area contributed by atoms with Crippen molar-refractivity contribution in [3.05, 3.63) is 118 Å². The normalized spacial score (nSPS) is 22.5. The minimum absolute atomic E-state index is 0.00251. The minimum atomic E-state index is -0.652. The Hall–Kier alpha value is -7.55. The number of nitrogens with zero attached hydrogens (tertiary/aromatic N) is 8. The number of benzene rings is 4. The third kappa shape index (κ3) is 8.37. The SMILES string of the molecule is C#Cc1c(F)ccc2cccc(-c3nc4c5c(nc(OC[C@@]67CCCN6[C@H](COC(=O)N6CCc8ccc(Cc9ccc%10c(C%11CCC(=O)NC%11=O)nn(C)c%10c9)cc8C6)CC7)nc5c3F)N3CCCOC[C@@H]3CC4)c12. The summed E-state index contributed by atoms with van der Waals surface area (Å²) in [5, 5.41) is 9.71. The van der Waals surface area contributed by atoms with Gasteiger partial charge in [0.25, 0.3) is 0 Å². The van der Waals surface area contributed by atoms with E-state index in [1.165, 1.54) is 11.6 Å². The lowest BCUT2D eigenvalue weighted by Crippen LogP contribution is -2.48. The first kappa shape index (κ1) is 48.1. The monoisotopic (exact) mass is 1030 g/mol. The van der Waals surface area contributed by atoms with Crippen LogP contribution in [0.25, 0.3) is 43.8 Å². The summed E-state index contributed by atoms with van der Waals surface area (Å²) in [7, 11) is 1.87. The molecule has 6 aliphatic rings. The zero-order chi connectivity index (χ0) is 51.8. The minimum Gasteiger partial charge on any atom is -0.461 e. The topological polar surface area (TPSA) is 157 Å². The molecular formula is C59H57F2N9O6. The number of piperidine rings is 1. The van der Waals surface area contributed by atoms with E-state index in [2.05, 4.69) is 51.4 Å². The predicted molar refractivity (Wildman–Crippen MR) is 281 cm³/mol. The molecule has 3 aromatic heterocycles. The van der Waals surface area contributed by atoms with Crippen LogP contribution >= 0.6 is 0 Å². The summed E-state index contributed by atoms with van der Waals surface area (Å²) < 4.78 is 53.3. The van der Waals surface area contributed by atoms with Gasteiger partial charge in [-0.2, -0.15) is 15.1 Å². The number of carbonyl (C=O) groups is 3. The molecule has 4 fully saturated rings. The van der Waals surface area contributed by atoms with Crippen molar-refractivity contribution in [2.24, 2.45) is 7.05 Å². The van der Waals surface area contributed by atoms with E-state index in [0.717, 1.165) is 72.7 Å². The van der Waals surface area contributed by atoms with Crippen LogP contribution in [0, 0.1) is 24.0 Å². The summed E-state index contributed by atoms with van der Waals surface area (Å²) in [4.78, 5) is 59.7. The van der Waals surface area contributed by atoms with Gasteiger partial charge in [-0.15, -0.1) is 6.42 Å². The van der Waals surface area contributed by atoms with Crippen molar-refractivity contribution in [1.29, 1.82) is 0 Å². The molecule has 1 N–H and O–H groups in total. The lowest BCUT2D eigenvalue weighted by atomic mass is 9.92. The molecule has 15 nitrogen and oxygen atoms in total. The highest BCUT2D eigenvalue weighted by atomic mass is 19.1. The fourth-order valence-corrected chi connectivity index (χ4v) is 13.2. The Morgan fingerprint density at radius 1 is 0.921 bits per heavy atom. The number of amides is 3. The molecule has 388 valence electrons. The molecule has 3 amide bonds. The van der Waals surface area contributed by atoms with E-state index in [9.17, 15) is 14.4 Å². The Morgan fingerprint density at radius 2 is 1.80 bits per heavy atom. The van der Waals surface area contributed by atoms with Crippen LogP contribution in [-0.2, 0) is 51.9 Å².